The monoisotopic (exact) mass is 319 g/mol. The van der Waals surface area contributed by atoms with E-state index in [2.05, 4.69) is 31.9 Å². The van der Waals surface area contributed by atoms with Gasteiger partial charge in [0, 0.05) is 0 Å². The number of hydrogen-bond acceptors (Lipinski definition) is 2. The highest BCUT2D eigenvalue weighted by molar-refractivity contribution is 9.11. The van der Waals surface area contributed by atoms with Crippen LogP contribution in [0.4, 0.5) is 0 Å². The van der Waals surface area contributed by atoms with Gasteiger partial charge in [0.2, 0.25) is 0 Å². The first-order valence-corrected chi connectivity index (χ1v) is 6.05. The molecular formula is C10H11Br2NO. The van der Waals surface area contributed by atoms with E-state index in [9.17, 15) is 0 Å². The highest BCUT2D eigenvalue weighted by Gasteiger charge is 2.39. The largest absolute Gasteiger partial charge is 0.489 e. The van der Waals surface area contributed by atoms with Crippen LogP contribution in [0.25, 0.3) is 0 Å². The molecule has 0 amide bonds. The molecule has 0 saturated heterocycles. The number of halogens is 2. The second-order valence-corrected chi connectivity index (χ2v) is 5.41. The van der Waals surface area contributed by atoms with E-state index in [-0.39, 0.29) is 5.54 Å². The molecule has 1 saturated carbocycles. The van der Waals surface area contributed by atoms with Crippen LogP contribution in [0.3, 0.4) is 0 Å². The van der Waals surface area contributed by atoms with Gasteiger partial charge in [-0.2, -0.15) is 0 Å². The first-order valence-electron chi connectivity index (χ1n) is 4.46. The van der Waals surface area contributed by atoms with Crippen LogP contribution in [0, 0.1) is 0 Å². The lowest BCUT2D eigenvalue weighted by molar-refractivity contribution is 0.276. The fraction of sp³-hybridized carbons (Fsp3) is 0.400. The molecular weight excluding hydrogens is 310 g/mol. The molecule has 0 unspecified atom stereocenters. The fourth-order valence-electron chi connectivity index (χ4n) is 1.14. The minimum Gasteiger partial charge on any atom is -0.489 e. The highest BCUT2D eigenvalue weighted by atomic mass is 79.9. The molecule has 0 aromatic heterocycles. The van der Waals surface area contributed by atoms with Gasteiger partial charge in [-0.1, -0.05) is 6.07 Å². The summed E-state index contributed by atoms with van der Waals surface area (Å²) >= 11 is 6.88. The van der Waals surface area contributed by atoms with Gasteiger partial charge in [0.15, 0.2) is 0 Å². The van der Waals surface area contributed by atoms with Crippen LogP contribution in [0.15, 0.2) is 27.1 Å². The van der Waals surface area contributed by atoms with E-state index < -0.39 is 0 Å². The Kier molecular flexibility index (Phi) is 2.86. The zero-order chi connectivity index (χ0) is 10.2. The molecule has 0 spiro atoms. The topological polar surface area (TPSA) is 35.2 Å². The lowest BCUT2D eigenvalue weighted by Crippen LogP contribution is -2.29. The summed E-state index contributed by atoms with van der Waals surface area (Å²) in [5.41, 5.74) is 5.86. The molecule has 2 nitrogen and oxygen atoms in total. The number of benzene rings is 1. The van der Waals surface area contributed by atoms with Gasteiger partial charge in [-0.05, 0) is 56.8 Å². The second-order valence-electron chi connectivity index (χ2n) is 3.70. The van der Waals surface area contributed by atoms with Crippen molar-refractivity contribution in [2.45, 2.75) is 18.4 Å². The number of ether oxygens (including phenoxy) is 1. The first kappa shape index (κ1) is 10.5. The molecule has 1 aliphatic carbocycles. The van der Waals surface area contributed by atoms with E-state index in [1.54, 1.807) is 0 Å². The van der Waals surface area contributed by atoms with Crippen molar-refractivity contribution in [2.75, 3.05) is 6.61 Å². The number of hydrogen-bond donors (Lipinski definition) is 1. The second kappa shape index (κ2) is 3.83. The van der Waals surface area contributed by atoms with E-state index in [0.717, 1.165) is 27.5 Å². The van der Waals surface area contributed by atoms with Crippen molar-refractivity contribution in [3.05, 3.63) is 27.1 Å². The smallest absolute Gasteiger partial charge is 0.147 e. The maximum Gasteiger partial charge on any atom is 0.147 e. The SMILES string of the molecule is NC1(COc2c(Br)cccc2Br)CC1. The van der Waals surface area contributed by atoms with Crippen LogP contribution in [-0.4, -0.2) is 12.1 Å². The molecule has 2 rings (SSSR count). The van der Waals surface area contributed by atoms with Gasteiger partial charge in [-0.15, -0.1) is 0 Å². The van der Waals surface area contributed by atoms with Crippen LogP contribution in [-0.2, 0) is 0 Å². The van der Waals surface area contributed by atoms with E-state index in [1.165, 1.54) is 0 Å². The molecule has 4 heteroatoms. The lowest BCUT2D eigenvalue weighted by atomic mass is 10.3. The van der Waals surface area contributed by atoms with E-state index in [1.807, 2.05) is 18.2 Å². The van der Waals surface area contributed by atoms with Crippen molar-refractivity contribution in [2.24, 2.45) is 5.73 Å². The van der Waals surface area contributed by atoms with Crippen molar-refractivity contribution in [1.29, 1.82) is 0 Å². The molecule has 0 bridgehead atoms. The Labute approximate surface area is 100 Å². The predicted octanol–water partition coefficient (Wildman–Crippen LogP) is 3.08. The average molecular weight is 321 g/mol. The third kappa shape index (κ3) is 2.30. The lowest BCUT2D eigenvalue weighted by Gasteiger charge is -2.13. The van der Waals surface area contributed by atoms with Gasteiger partial charge in [0.05, 0.1) is 14.5 Å². The number of para-hydroxylation sites is 1. The zero-order valence-electron chi connectivity index (χ0n) is 7.59. The summed E-state index contributed by atoms with van der Waals surface area (Å²) in [5, 5.41) is 0. The predicted molar refractivity (Wildman–Crippen MR) is 63.5 cm³/mol. The molecule has 14 heavy (non-hydrogen) atoms. The summed E-state index contributed by atoms with van der Waals surface area (Å²) < 4.78 is 7.59. The third-order valence-corrected chi connectivity index (χ3v) is 3.56. The van der Waals surface area contributed by atoms with Crippen LogP contribution in [0.1, 0.15) is 12.8 Å². The Morgan fingerprint density at radius 2 is 1.86 bits per heavy atom. The number of rotatable bonds is 3. The summed E-state index contributed by atoms with van der Waals surface area (Å²) in [6.07, 6.45) is 2.13. The van der Waals surface area contributed by atoms with E-state index >= 15 is 0 Å². The van der Waals surface area contributed by atoms with Gasteiger partial charge in [0.25, 0.3) is 0 Å². The maximum atomic E-state index is 5.94. The quantitative estimate of drug-likeness (QED) is 0.929. The molecule has 76 valence electrons. The Hall–Kier alpha value is -0.0600. The average Bonchev–Trinajstić information content (AvgIpc) is 2.83. The van der Waals surface area contributed by atoms with Crippen LogP contribution < -0.4 is 10.5 Å². The third-order valence-electron chi connectivity index (χ3n) is 2.32. The van der Waals surface area contributed by atoms with Crippen LogP contribution in [0.5, 0.6) is 5.75 Å². The first-order chi connectivity index (χ1) is 6.61. The molecule has 1 aromatic rings. The molecule has 0 aliphatic heterocycles. The highest BCUT2D eigenvalue weighted by Crippen LogP contribution is 2.37. The van der Waals surface area contributed by atoms with Gasteiger partial charge in [-0.3, -0.25) is 0 Å². The Morgan fingerprint density at radius 3 is 2.36 bits per heavy atom. The van der Waals surface area contributed by atoms with E-state index in [0.29, 0.717) is 6.61 Å². The Balaban J connectivity index is 2.08. The minimum atomic E-state index is -0.0747. The molecule has 0 radical (unpaired) electrons. The minimum absolute atomic E-state index is 0.0747. The van der Waals surface area contributed by atoms with Crippen molar-refractivity contribution in [3.63, 3.8) is 0 Å². The summed E-state index contributed by atoms with van der Waals surface area (Å²) in [5.74, 6) is 0.837. The molecule has 0 heterocycles. The normalized spacial score (nSPS) is 17.9. The molecule has 1 aliphatic rings. The molecule has 2 N–H and O–H groups in total. The zero-order valence-corrected chi connectivity index (χ0v) is 10.8. The Morgan fingerprint density at radius 1 is 1.29 bits per heavy atom. The van der Waals surface area contributed by atoms with E-state index in [4.69, 9.17) is 10.5 Å². The van der Waals surface area contributed by atoms with Crippen LogP contribution in [0.2, 0.25) is 0 Å². The van der Waals surface area contributed by atoms with Crippen molar-refractivity contribution < 1.29 is 4.74 Å². The van der Waals surface area contributed by atoms with Gasteiger partial charge in [0.1, 0.15) is 12.4 Å². The fourth-order valence-corrected chi connectivity index (χ4v) is 2.37. The van der Waals surface area contributed by atoms with Crippen LogP contribution >= 0.6 is 31.9 Å². The molecule has 1 fully saturated rings. The van der Waals surface area contributed by atoms with Crippen molar-refractivity contribution in [1.82, 2.24) is 0 Å². The summed E-state index contributed by atoms with van der Waals surface area (Å²) in [4.78, 5) is 0. The standard InChI is InChI=1S/C10H11Br2NO/c11-7-2-1-3-8(12)9(7)14-6-10(13)4-5-10/h1-3H,4-6,13H2. The maximum absolute atomic E-state index is 5.94. The Bertz CT molecular complexity index is 330. The summed E-state index contributed by atoms with van der Waals surface area (Å²) in [6.45, 7) is 0.591. The molecule has 1 aromatic carbocycles. The van der Waals surface area contributed by atoms with Gasteiger partial charge >= 0.3 is 0 Å². The van der Waals surface area contributed by atoms with Gasteiger partial charge in [-0.25, -0.2) is 0 Å². The summed E-state index contributed by atoms with van der Waals surface area (Å²) in [6, 6.07) is 5.86. The molecule has 0 atom stereocenters. The summed E-state index contributed by atoms with van der Waals surface area (Å²) in [7, 11) is 0. The van der Waals surface area contributed by atoms with Crippen molar-refractivity contribution in [3.8, 4) is 5.75 Å². The van der Waals surface area contributed by atoms with Crippen molar-refractivity contribution >= 4 is 31.9 Å². The van der Waals surface area contributed by atoms with Gasteiger partial charge < -0.3 is 10.5 Å². The number of nitrogens with two attached hydrogens (primary N) is 1.